The van der Waals surface area contributed by atoms with Crippen LogP contribution in [0.5, 0.6) is 0 Å². The maximum atomic E-state index is 11.1. The van der Waals surface area contributed by atoms with Gasteiger partial charge in [-0.15, -0.1) is 24.8 Å². The average Bonchev–Trinajstić information content (AvgIpc) is 2.05. The van der Waals surface area contributed by atoms with Crippen LogP contribution >= 0.6 is 24.8 Å². The van der Waals surface area contributed by atoms with Crippen molar-refractivity contribution >= 4 is 36.7 Å². The van der Waals surface area contributed by atoms with E-state index in [1.54, 1.807) is 24.3 Å². The SMILES string of the molecule is Cl.Cl.NC(N)=NC(=O)c1ccccc1. The summed E-state index contributed by atoms with van der Waals surface area (Å²) >= 11 is 0. The van der Waals surface area contributed by atoms with Gasteiger partial charge in [-0.2, -0.15) is 4.99 Å². The van der Waals surface area contributed by atoms with Gasteiger partial charge in [0.25, 0.3) is 5.91 Å². The summed E-state index contributed by atoms with van der Waals surface area (Å²) in [5, 5.41) is 0. The fraction of sp³-hybridized carbons (Fsp3) is 0. The van der Waals surface area contributed by atoms with Gasteiger partial charge >= 0.3 is 0 Å². The fourth-order valence-electron chi connectivity index (χ4n) is 0.763. The minimum atomic E-state index is -0.421. The lowest BCUT2D eigenvalue weighted by Gasteiger charge is -1.93. The molecule has 4 N–H and O–H groups in total. The van der Waals surface area contributed by atoms with Gasteiger partial charge < -0.3 is 11.5 Å². The normalized spacial score (nSPS) is 7.71. The molecular weight excluding hydrogens is 225 g/mol. The van der Waals surface area contributed by atoms with E-state index in [2.05, 4.69) is 4.99 Å². The fourth-order valence-corrected chi connectivity index (χ4v) is 0.763. The summed E-state index contributed by atoms with van der Waals surface area (Å²) in [5.74, 6) is -0.639. The first-order valence-electron chi connectivity index (χ1n) is 3.39. The van der Waals surface area contributed by atoms with Crippen molar-refractivity contribution in [1.29, 1.82) is 0 Å². The number of nitrogens with zero attached hydrogens (tertiary/aromatic N) is 1. The minimum absolute atomic E-state index is 0. The third kappa shape index (κ3) is 4.69. The highest BCUT2D eigenvalue weighted by atomic mass is 35.5. The Morgan fingerprint density at radius 2 is 1.57 bits per heavy atom. The van der Waals surface area contributed by atoms with Gasteiger partial charge in [-0.3, -0.25) is 4.79 Å². The Hall–Kier alpha value is -1.26. The molecule has 0 saturated heterocycles. The molecule has 0 aliphatic carbocycles. The van der Waals surface area contributed by atoms with Crippen LogP contribution in [0.1, 0.15) is 10.4 Å². The molecule has 1 rings (SSSR count). The van der Waals surface area contributed by atoms with E-state index in [1.807, 2.05) is 6.07 Å². The van der Waals surface area contributed by atoms with Crippen molar-refractivity contribution in [3.8, 4) is 0 Å². The highest BCUT2D eigenvalue weighted by Gasteiger charge is 2.01. The lowest BCUT2D eigenvalue weighted by atomic mass is 10.2. The molecule has 0 fully saturated rings. The van der Waals surface area contributed by atoms with Crippen LogP contribution in [-0.2, 0) is 0 Å². The molecule has 0 bridgehead atoms. The number of nitrogens with two attached hydrogens (primary N) is 2. The molecule has 78 valence electrons. The molecule has 14 heavy (non-hydrogen) atoms. The summed E-state index contributed by atoms with van der Waals surface area (Å²) in [4.78, 5) is 14.5. The molecule has 6 heteroatoms. The Bertz CT molecular complexity index is 310. The molecule has 1 amide bonds. The number of benzene rings is 1. The van der Waals surface area contributed by atoms with Crippen molar-refractivity contribution < 1.29 is 4.79 Å². The van der Waals surface area contributed by atoms with Gasteiger partial charge in [0.15, 0.2) is 5.96 Å². The zero-order valence-corrected chi connectivity index (χ0v) is 8.85. The summed E-state index contributed by atoms with van der Waals surface area (Å²) in [6, 6.07) is 8.60. The third-order valence-electron chi connectivity index (χ3n) is 1.25. The Kier molecular flexibility index (Phi) is 7.80. The average molecular weight is 236 g/mol. The van der Waals surface area contributed by atoms with E-state index in [1.165, 1.54) is 0 Å². The standard InChI is InChI=1S/C8H9N3O.2ClH/c9-8(10)11-7(12)6-4-2-1-3-5-6;;/h1-5H,(H4,9,10,11,12);2*1H. The Morgan fingerprint density at radius 3 is 2.00 bits per heavy atom. The predicted octanol–water partition coefficient (Wildman–Crippen LogP) is 0.944. The maximum Gasteiger partial charge on any atom is 0.280 e. The van der Waals surface area contributed by atoms with Crippen LogP contribution < -0.4 is 11.5 Å². The van der Waals surface area contributed by atoms with Gasteiger partial charge in [-0.25, -0.2) is 0 Å². The molecule has 0 atom stereocenters. The number of hydrogen-bond acceptors (Lipinski definition) is 1. The number of aliphatic imine (C=N–C) groups is 1. The van der Waals surface area contributed by atoms with E-state index < -0.39 is 5.91 Å². The first-order valence-corrected chi connectivity index (χ1v) is 3.39. The number of amides is 1. The molecule has 0 unspecified atom stereocenters. The van der Waals surface area contributed by atoms with Crippen LogP contribution in [0.25, 0.3) is 0 Å². The van der Waals surface area contributed by atoms with Crippen LogP contribution in [0.3, 0.4) is 0 Å². The summed E-state index contributed by atoms with van der Waals surface area (Å²) in [6.07, 6.45) is 0. The number of carbonyl (C=O) groups excluding carboxylic acids is 1. The molecule has 0 saturated carbocycles. The quantitative estimate of drug-likeness (QED) is 0.562. The van der Waals surface area contributed by atoms with Gasteiger partial charge in [0, 0.05) is 5.56 Å². The van der Waals surface area contributed by atoms with Gasteiger partial charge in [-0.1, -0.05) is 18.2 Å². The molecule has 0 heterocycles. The van der Waals surface area contributed by atoms with Gasteiger partial charge in [-0.05, 0) is 12.1 Å². The molecule has 0 radical (unpaired) electrons. The predicted molar refractivity (Wildman–Crippen MR) is 61.1 cm³/mol. The van der Waals surface area contributed by atoms with E-state index in [9.17, 15) is 4.79 Å². The number of carbonyl (C=O) groups is 1. The van der Waals surface area contributed by atoms with Crippen molar-refractivity contribution in [2.75, 3.05) is 0 Å². The zero-order valence-electron chi connectivity index (χ0n) is 7.21. The second kappa shape index (κ2) is 7.17. The van der Waals surface area contributed by atoms with Crippen LogP contribution in [0.2, 0.25) is 0 Å². The first-order chi connectivity index (χ1) is 5.70. The van der Waals surface area contributed by atoms with Crippen LogP contribution in [0.15, 0.2) is 35.3 Å². The Labute approximate surface area is 94.2 Å². The minimum Gasteiger partial charge on any atom is -0.370 e. The summed E-state index contributed by atoms with van der Waals surface area (Å²) < 4.78 is 0. The second-order valence-electron chi connectivity index (χ2n) is 2.21. The van der Waals surface area contributed by atoms with Crippen molar-refractivity contribution in [3.63, 3.8) is 0 Å². The molecule has 4 nitrogen and oxygen atoms in total. The highest BCUT2D eigenvalue weighted by Crippen LogP contribution is 1.99. The summed E-state index contributed by atoms with van der Waals surface area (Å²) in [6.45, 7) is 0. The summed E-state index contributed by atoms with van der Waals surface area (Å²) in [5.41, 5.74) is 10.6. The van der Waals surface area contributed by atoms with E-state index in [-0.39, 0.29) is 30.8 Å². The largest absolute Gasteiger partial charge is 0.370 e. The molecular formula is C8H11Cl2N3O. The van der Waals surface area contributed by atoms with Gasteiger partial charge in [0.05, 0.1) is 0 Å². The van der Waals surface area contributed by atoms with E-state index >= 15 is 0 Å². The van der Waals surface area contributed by atoms with Crippen molar-refractivity contribution in [2.24, 2.45) is 16.5 Å². The molecule has 0 aliphatic rings. The zero-order chi connectivity index (χ0) is 8.97. The van der Waals surface area contributed by atoms with Crippen LogP contribution in [-0.4, -0.2) is 11.9 Å². The molecule has 1 aromatic carbocycles. The van der Waals surface area contributed by atoms with Crippen molar-refractivity contribution in [1.82, 2.24) is 0 Å². The Morgan fingerprint density at radius 1 is 1.07 bits per heavy atom. The second-order valence-corrected chi connectivity index (χ2v) is 2.21. The third-order valence-corrected chi connectivity index (χ3v) is 1.25. The number of halogens is 2. The summed E-state index contributed by atoms with van der Waals surface area (Å²) in [7, 11) is 0. The van der Waals surface area contributed by atoms with Gasteiger partial charge in [0.2, 0.25) is 0 Å². The van der Waals surface area contributed by atoms with E-state index in [0.29, 0.717) is 5.56 Å². The van der Waals surface area contributed by atoms with E-state index in [0.717, 1.165) is 0 Å². The number of hydrogen-bond donors (Lipinski definition) is 2. The number of rotatable bonds is 1. The Balaban J connectivity index is 0. The van der Waals surface area contributed by atoms with Gasteiger partial charge in [0.1, 0.15) is 0 Å². The monoisotopic (exact) mass is 235 g/mol. The van der Waals surface area contributed by atoms with E-state index in [4.69, 9.17) is 11.5 Å². The van der Waals surface area contributed by atoms with Crippen molar-refractivity contribution in [3.05, 3.63) is 35.9 Å². The lowest BCUT2D eigenvalue weighted by molar-refractivity contribution is 0.100. The molecule has 0 aromatic heterocycles. The molecule has 0 aliphatic heterocycles. The number of guanidine groups is 1. The van der Waals surface area contributed by atoms with Crippen LogP contribution in [0.4, 0.5) is 0 Å². The lowest BCUT2D eigenvalue weighted by Crippen LogP contribution is -2.24. The highest BCUT2D eigenvalue weighted by molar-refractivity contribution is 6.01. The first kappa shape index (κ1) is 15.2. The van der Waals surface area contributed by atoms with Crippen LogP contribution in [0, 0.1) is 0 Å². The smallest absolute Gasteiger partial charge is 0.280 e. The molecule has 0 spiro atoms. The topological polar surface area (TPSA) is 81.5 Å². The molecule has 1 aromatic rings. The van der Waals surface area contributed by atoms with Crippen molar-refractivity contribution in [2.45, 2.75) is 0 Å². The maximum absolute atomic E-state index is 11.1.